The summed E-state index contributed by atoms with van der Waals surface area (Å²) in [5.41, 5.74) is 3.69. The zero-order chi connectivity index (χ0) is 20.0. The van der Waals surface area contributed by atoms with Crippen molar-refractivity contribution in [3.05, 3.63) is 90.8 Å². The average molecular weight is 404 g/mol. The molecule has 1 fully saturated rings. The van der Waals surface area contributed by atoms with Crippen molar-refractivity contribution in [3.63, 3.8) is 0 Å². The molecule has 0 spiro atoms. The maximum Gasteiger partial charge on any atom is 0.242 e. The van der Waals surface area contributed by atoms with Crippen molar-refractivity contribution in [2.75, 3.05) is 0 Å². The molecule has 5 nitrogen and oxygen atoms in total. The van der Waals surface area contributed by atoms with E-state index in [1.54, 1.807) is 22.7 Å². The van der Waals surface area contributed by atoms with Gasteiger partial charge in [-0.05, 0) is 23.6 Å². The number of pyridine rings is 1. The minimum Gasteiger partial charge on any atom is -0.305 e. The molecule has 3 atom stereocenters. The van der Waals surface area contributed by atoms with E-state index in [0.29, 0.717) is 5.65 Å². The Morgan fingerprint density at radius 2 is 1.59 bits per heavy atom. The first-order valence-corrected chi connectivity index (χ1v) is 11.1. The normalized spacial score (nSPS) is 21.3. The van der Waals surface area contributed by atoms with Crippen LogP contribution in [0.15, 0.2) is 90.1 Å². The van der Waals surface area contributed by atoms with Crippen molar-refractivity contribution in [2.45, 2.75) is 23.8 Å². The van der Waals surface area contributed by atoms with Crippen LogP contribution in [-0.2, 0) is 10.0 Å². The number of fused-ring (bicyclic) bond motifs is 1. The van der Waals surface area contributed by atoms with Gasteiger partial charge < -0.3 is 4.40 Å². The van der Waals surface area contributed by atoms with Crippen LogP contribution in [0.3, 0.4) is 0 Å². The van der Waals surface area contributed by atoms with E-state index in [1.165, 1.54) is 5.56 Å². The Bertz CT molecular complexity index is 1270. The smallest absolute Gasteiger partial charge is 0.242 e. The van der Waals surface area contributed by atoms with E-state index in [9.17, 15) is 8.42 Å². The maximum atomic E-state index is 13.0. The second-order valence-electron chi connectivity index (χ2n) is 7.57. The third-order valence-electron chi connectivity index (χ3n) is 5.66. The summed E-state index contributed by atoms with van der Waals surface area (Å²) in [5.74, 6) is 0.487. The molecule has 2 heterocycles. The summed E-state index contributed by atoms with van der Waals surface area (Å²) in [4.78, 5) is 4.83. The van der Waals surface area contributed by atoms with E-state index in [2.05, 4.69) is 28.8 Å². The molecule has 146 valence electrons. The molecule has 0 saturated heterocycles. The van der Waals surface area contributed by atoms with Crippen LogP contribution >= 0.6 is 0 Å². The number of nitrogens with one attached hydrogen (secondary N) is 1. The van der Waals surface area contributed by atoms with Crippen molar-refractivity contribution >= 4 is 15.7 Å². The Kier molecular flexibility index (Phi) is 4.26. The molecule has 2 aromatic heterocycles. The second-order valence-corrected chi connectivity index (χ2v) is 9.28. The van der Waals surface area contributed by atoms with Gasteiger partial charge in [0, 0.05) is 29.9 Å². The number of aromatic nitrogens is 2. The fraction of sp³-hybridized carbons (Fsp3) is 0.174. The number of benzene rings is 2. The first-order valence-electron chi connectivity index (χ1n) is 9.64. The van der Waals surface area contributed by atoms with Gasteiger partial charge in [0.05, 0.1) is 10.6 Å². The van der Waals surface area contributed by atoms with Crippen LogP contribution in [0.4, 0.5) is 0 Å². The van der Waals surface area contributed by atoms with E-state index in [0.717, 1.165) is 11.3 Å². The fourth-order valence-corrected chi connectivity index (χ4v) is 5.31. The molecule has 6 heteroatoms. The average Bonchev–Trinajstić information content (AvgIpc) is 3.17. The number of hydrogen-bond acceptors (Lipinski definition) is 3. The number of rotatable bonds is 5. The summed E-state index contributed by atoms with van der Waals surface area (Å²) in [6, 6.07) is 23.2. The van der Waals surface area contributed by atoms with Crippen LogP contribution in [0.25, 0.3) is 16.9 Å². The largest absolute Gasteiger partial charge is 0.305 e. The number of nitrogens with zero attached hydrogens (tertiary/aromatic N) is 2. The Hall–Kier alpha value is -2.96. The molecule has 5 rings (SSSR count). The molecule has 4 aromatic rings. The van der Waals surface area contributed by atoms with Crippen LogP contribution < -0.4 is 4.72 Å². The van der Waals surface area contributed by atoms with Gasteiger partial charge in [0.2, 0.25) is 10.0 Å². The van der Waals surface area contributed by atoms with E-state index < -0.39 is 10.0 Å². The van der Waals surface area contributed by atoms with Crippen molar-refractivity contribution < 1.29 is 8.42 Å². The van der Waals surface area contributed by atoms with Crippen LogP contribution in [0.1, 0.15) is 18.4 Å². The van der Waals surface area contributed by atoms with Crippen LogP contribution in [0, 0.1) is 5.92 Å². The molecule has 1 aliphatic carbocycles. The molecule has 0 aliphatic heterocycles. The standard InChI is InChI=1S/C23H21N3O2S/c1-16-22(18-10-6-3-7-11-18)23(16)25-29(27,28)19-12-13-21-24-20(15-26(21)14-19)17-8-4-2-5-9-17/h2-16,22-23,25H,1H3/t16-,22-,23+/m1/s1. The summed E-state index contributed by atoms with van der Waals surface area (Å²) in [5, 5.41) is 0. The molecule has 0 radical (unpaired) electrons. The van der Waals surface area contributed by atoms with Gasteiger partial charge in [0.25, 0.3) is 0 Å². The van der Waals surface area contributed by atoms with Crippen LogP contribution in [0.2, 0.25) is 0 Å². The fourth-order valence-electron chi connectivity index (χ4n) is 3.96. The van der Waals surface area contributed by atoms with Gasteiger partial charge in [0.1, 0.15) is 5.65 Å². The molecular formula is C23H21N3O2S. The molecule has 1 N–H and O–H groups in total. The molecule has 29 heavy (non-hydrogen) atoms. The molecule has 2 aromatic carbocycles. The van der Waals surface area contributed by atoms with Gasteiger partial charge in [-0.1, -0.05) is 67.6 Å². The van der Waals surface area contributed by atoms with Crippen molar-refractivity contribution in [3.8, 4) is 11.3 Å². The maximum absolute atomic E-state index is 13.0. The summed E-state index contributed by atoms with van der Waals surface area (Å²) in [6.45, 7) is 2.08. The zero-order valence-electron chi connectivity index (χ0n) is 15.9. The van der Waals surface area contributed by atoms with Gasteiger partial charge in [-0.15, -0.1) is 0 Å². The Balaban J connectivity index is 1.41. The summed E-state index contributed by atoms with van der Waals surface area (Å²) in [6.07, 6.45) is 3.48. The topological polar surface area (TPSA) is 63.5 Å². The lowest BCUT2D eigenvalue weighted by Gasteiger charge is -2.07. The predicted octanol–water partition coefficient (Wildman–Crippen LogP) is 4.08. The number of sulfonamides is 1. The van der Waals surface area contributed by atoms with Gasteiger partial charge in [-0.25, -0.2) is 18.1 Å². The molecule has 1 aliphatic rings. The Morgan fingerprint density at radius 3 is 2.31 bits per heavy atom. The third kappa shape index (κ3) is 3.34. The highest BCUT2D eigenvalue weighted by Gasteiger charge is 2.49. The first kappa shape index (κ1) is 18.1. The van der Waals surface area contributed by atoms with Gasteiger partial charge in [-0.2, -0.15) is 0 Å². The molecule has 0 unspecified atom stereocenters. The molecular weight excluding hydrogens is 382 g/mol. The molecule has 0 bridgehead atoms. The predicted molar refractivity (Wildman–Crippen MR) is 113 cm³/mol. The highest BCUT2D eigenvalue weighted by molar-refractivity contribution is 7.89. The van der Waals surface area contributed by atoms with E-state index >= 15 is 0 Å². The lowest BCUT2D eigenvalue weighted by Crippen LogP contribution is -2.27. The zero-order valence-corrected chi connectivity index (χ0v) is 16.8. The highest BCUT2D eigenvalue weighted by Crippen LogP contribution is 2.47. The Morgan fingerprint density at radius 1 is 0.897 bits per heavy atom. The lowest BCUT2D eigenvalue weighted by atomic mass is 10.1. The van der Waals surface area contributed by atoms with Crippen LogP contribution in [0.5, 0.6) is 0 Å². The number of imidazole rings is 1. The van der Waals surface area contributed by atoms with Crippen molar-refractivity contribution in [2.24, 2.45) is 5.92 Å². The summed E-state index contributed by atoms with van der Waals surface area (Å²) in [7, 11) is -3.62. The van der Waals surface area contributed by atoms with Crippen molar-refractivity contribution in [1.82, 2.24) is 14.1 Å². The van der Waals surface area contributed by atoms with Crippen LogP contribution in [-0.4, -0.2) is 23.8 Å². The quantitative estimate of drug-likeness (QED) is 0.546. The Labute approximate surface area is 170 Å². The van der Waals surface area contributed by atoms with Gasteiger partial charge >= 0.3 is 0 Å². The third-order valence-corrected chi connectivity index (χ3v) is 7.10. The van der Waals surface area contributed by atoms with Gasteiger partial charge in [-0.3, -0.25) is 0 Å². The monoisotopic (exact) mass is 403 g/mol. The highest BCUT2D eigenvalue weighted by atomic mass is 32.2. The van der Waals surface area contributed by atoms with Gasteiger partial charge in [0.15, 0.2) is 0 Å². The SMILES string of the molecule is C[C@H]1[C@H](NS(=O)(=O)c2ccc3nc(-c4ccccc4)cn3c2)[C@H]1c1ccccc1. The number of hydrogen-bond donors (Lipinski definition) is 1. The first-order chi connectivity index (χ1) is 14.0. The minimum absolute atomic E-state index is 0.0826. The van der Waals surface area contributed by atoms with Crippen molar-refractivity contribution in [1.29, 1.82) is 0 Å². The second kappa shape index (κ2) is 6.83. The van der Waals surface area contributed by atoms with E-state index in [4.69, 9.17) is 0 Å². The van der Waals surface area contributed by atoms with E-state index in [1.807, 2.05) is 54.7 Å². The molecule has 0 amide bonds. The molecule has 1 saturated carbocycles. The summed E-state index contributed by atoms with van der Waals surface area (Å²) < 4.78 is 30.6. The van der Waals surface area contributed by atoms with E-state index in [-0.39, 0.29) is 22.8 Å². The minimum atomic E-state index is -3.62. The summed E-state index contributed by atoms with van der Waals surface area (Å²) >= 11 is 0. The lowest BCUT2D eigenvalue weighted by molar-refractivity contribution is 0.577.